The van der Waals surface area contributed by atoms with E-state index in [0.717, 1.165) is 56.7 Å². The topological polar surface area (TPSA) is 119 Å². The van der Waals surface area contributed by atoms with Crippen LogP contribution >= 0.6 is 19.6 Å². The van der Waals surface area contributed by atoms with Crippen LogP contribution in [0.2, 0.25) is 0 Å². The van der Waals surface area contributed by atoms with Crippen molar-refractivity contribution < 1.29 is 37.9 Å². The summed E-state index contributed by atoms with van der Waals surface area (Å²) in [5, 5.41) is 8.67. The first kappa shape index (κ1) is 28.6. The molecule has 10 heteroatoms. The SMILES string of the molecule is CCCCCCC(=O)O[C@@H](COP(=O)(O)OCCO)CSC(=O)CCCCCC. The minimum atomic E-state index is -4.35. The van der Waals surface area contributed by atoms with E-state index in [-0.39, 0.29) is 30.5 Å². The van der Waals surface area contributed by atoms with Crippen LogP contribution in [0.15, 0.2) is 0 Å². The molecule has 0 radical (unpaired) electrons. The number of carbonyl (C=O) groups is 2. The van der Waals surface area contributed by atoms with Crippen LogP contribution in [0, 0.1) is 0 Å². The molecule has 8 nitrogen and oxygen atoms in total. The van der Waals surface area contributed by atoms with Gasteiger partial charge in [0, 0.05) is 18.6 Å². The maximum atomic E-state index is 12.0. The molecule has 0 rings (SSSR count). The van der Waals surface area contributed by atoms with Gasteiger partial charge < -0.3 is 14.7 Å². The molecule has 0 saturated heterocycles. The molecule has 1 unspecified atom stereocenters. The first-order chi connectivity index (χ1) is 13.8. The minimum absolute atomic E-state index is 0.00573. The highest BCUT2D eigenvalue weighted by Crippen LogP contribution is 2.43. The molecule has 0 aliphatic heterocycles. The van der Waals surface area contributed by atoms with Crippen molar-refractivity contribution in [1.29, 1.82) is 0 Å². The van der Waals surface area contributed by atoms with E-state index in [2.05, 4.69) is 18.4 Å². The Hall–Kier alpha value is -0.440. The highest BCUT2D eigenvalue weighted by Gasteiger charge is 2.25. The molecule has 172 valence electrons. The van der Waals surface area contributed by atoms with Gasteiger partial charge in [-0.05, 0) is 12.8 Å². The van der Waals surface area contributed by atoms with E-state index in [0.29, 0.717) is 12.8 Å². The first-order valence-electron chi connectivity index (χ1n) is 10.4. The van der Waals surface area contributed by atoms with Gasteiger partial charge in [0.15, 0.2) is 5.12 Å². The number of phosphoric ester groups is 1. The zero-order valence-electron chi connectivity index (χ0n) is 17.7. The summed E-state index contributed by atoms with van der Waals surface area (Å²) in [6, 6.07) is 0. The standard InChI is InChI=1S/C19H37O8PS/c1-3-5-7-9-11-18(21)27-17(15-26-28(23,24)25-14-13-20)16-29-19(22)12-10-8-6-4-2/h17,20H,3-16H2,1-2H3,(H,23,24)/t17-/m0/s1. The van der Waals surface area contributed by atoms with E-state index < -0.39 is 26.5 Å². The number of aliphatic hydroxyl groups is 1. The fourth-order valence-corrected chi connectivity index (χ4v) is 3.95. The van der Waals surface area contributed by atoms with E-state index in [1.54, 1.807) is 0 Å². The van der Waals surface area contributed by atoms with Gasteiger partial charge >= 0.3 is 13.8 Å². The number of hydrogen-bond acceptors (Lipinski definition) is 8. The van der Waals surface area contributed by atoms with Gasteiger partial charge in [-0.1, -0.05) is 64.1 Å². The highest BCUT2D eigenvalue weighted by atomic mass is 32.2. The lowest BCUT2D eigenvalue weighted by Crippen LogP contribution is -2.26. The molecule has 0 aliphatic carbocycles. The summed E-state index contributed by atoms with van der Waals surface area (Å²) in [5.41, 5.74) is 0. The molecular weight excluding hydrogens is 419 g/mol. The molecule has 0 aliphatic rings. The number of unbranched alkanes of at least 4 members (excludes halogenated alkanes) is 6. The Bertz CT molecular complexity index is 489. The second-order valence-corrected chi connectivity index (χ2v) is 9.27. The Morgan fingerprint density at radius 1 is 0.966 bits per heavy atom. The second kappa shape index (κ2) is 18.3. The van der Waals surface area contributed by atoms with Crippen LogP contribution in [-0.4, -0.2) is 52.8 Å². The quantitative estimate of drug-likeness (QED) is 0.167. The Labute approximate surface area is 178 Å². The van der Waals surface area contributed by atoms with Crippen molar-refractivity contribution in [3.05, 3.63) is 0 Å². The van der Waals surface area contributed by atoms with Gasteiger partial charge in [-0.3, -0.25) is 18.6 Å². The number of rotatable bonds is 19. The molecule has 29 heavy (non-hydrogen) atoms. The predicted molar refractivity (Wildman–Crippen MR) is 114 cm³/mol. The lowest BCUT2D eigenvalue weighted by molar-refractivity contribution is -0.149. The molecule has 0 bridgehead atoms. The van der Waals surface area contributed by atoms with Crippen molar-refractivity contribution in [2.75, 3.05) is 25.6 Å². The summed E-state index contributed by atoms with van der Waals surface area (Å²) >= 11 is 1.04. The Morgan fingerprint density at radius 2 is 1.59 bits per heavy atom. The molecule has 0 aromatic heterocycles. The van der Waals surface area contributed by atoms with Gasteiger partial charge in [-0.2, -0.15) is 0 Å². The van der Waals surface area contributed by atoms with Crippen LogP contribution in [0.1, 0.15) is 78.1 Å². The monoisotopic (exact) mass is 456 g/mol. The number of carbonyl (C=O) groups excluding carboxylic acids is 2. The number of ether oxygens (including phenoxy) is 1. The van der Waals surface area contributed by atoms with Crippen LogP contribution in [0.3, 0.4) is 0 Å². The molecule has 0 aromatic carbocycles. The summed E-state index contributed by atoms with van der Waals surface area (Å²) in [5.74, 6) is -0.275. The van der Waals surface area contributed by atoms with Crippen molar-refractivity contribution in [2.24, 2.45) is 0 Å². The molecule has 2 atom stereocenters. The van der Waals surface area contributed by atoms with Crippen LogP contribution in [0.4, 0.5) is 0 Å². The lowest BCUT2D eigenvalue weighted by Gasteiger charge is -2.19. The first-order valence-corrected chi connectivity index (χ1v) is 12.9. The zero-order chi connectivity index (χ0) is 22.0. The van der Waals surface area contributed by atoms with Crippen LogP contribution in [-0.2, 0) is 27.9 Å². The normalized spacial score (nSPS) is 14.3. The van der Waals surface area contributed by atoms with Crippen LogP contribution in [0.25, 0.3) is 0 Å². The van der Waals surface area contributed by atoms with Gasteiger partial charge in [-0.25, -0.2) is 4.57 Å². The summed E-state index contributed by atoms with van der Waals surface area (Å²) in [6.45, 7) is 3.04. The average Bonchev–Trinajstić information content (AvgIpc) is 2.69. The fraction of sp³-hybridized carbons (Fsp3) is 0.895. The fourth-order valence-electron chi connectivity index (χ4n) is 2.38. The minimum Gasteiger partial charge on any atom is -0.459 e. The summed E-state index contributed by atoms with van der Waals surface area (Å²) in [7, 11) is -4.35. The third-order valence-electron chi connectivity index (χ3n) is 3.97. The lowest BCUT2D eigenvalue weighted by atomic mass is 10.1. The average molecular weight is 457 g/mol. The Kier molecular flexibility index (Phi) is 18.1. The molecule has 0 fully saturated rings. The zero-order valence-corrected chi connectivity index (χ0v) is 19.4. The van der Waals surface area contributed by atoms with E-state index in [1.165, 1.54) is 0 Å². The number of aliphatic hydroxyl groups excluding tert-OH is 1. The third kappa shape index (κ3) is 18.1. The largest absolute Gasteiger partial charge is 0.472 e. The molecular formula is C19H37O8PS. The molecule has 0 heterocycles. The summed E-state index contributed by atoms with van der Waals surface area (Å²) in [4.78, 5) is 33.6. The van der Waals surface area contributed by atoms with Crippen molar-refractivity contribution in [1.82, 2.24) is 0 Å². The number of esters is 1. The Morgan fingerprint density at radius 3 is 2.17 bits per heavy atom. The van der Waals surface area contributed by atoms with Gasteiger partial charge in [0.1, 0.15) is 6.10 Å². The maximum absolute atomic E-state index is 12.0. The third-order valence-corrected chi connectivity index (χ3v) is 6.02. The van der Waals surface area contributed by atoms with Gasteiger partial charge in [-0.15, -0.1) is 0 Å². The second-order valence-electron chi connectivity index (χ2n) is 6.74. The molecule has 0 spiro atoms. The summed E-state index contributed by atoms with van der Waals surface area (Å²) < 4.78 is 26.5. The van der Waals surface area contributed by atoms with Gasteiger partial charge in [0.05, 0.1) is 19.8 Å². The van der Waals surface area contributed by atoms with Crippen molar-refractivity contribution in [2.45, 2.75) is 84.2 Å². The maximum Gasteiger partial charge on any atom is 0.472 e. The molecule has 0 aromatic rings. The number of phosphoric acid groups is 1. The number of thioether (sulfide) groups is 1. The van der Waals surface area contributed by atoms with Crippen molar-refractivity contribution in [3.8, 4) is 0 Å². The predicted octanol–water partition coefficient (Wildman–Crippen LogP) is 4.22. The number of hydrogen-bond donors (Lipinski definition) is 2. The van der Waals surface area contributed by atoms with E-state index in [1.807, 2.05) is 0 Å². The molecule has 2 N–H and O–H groups in total. The summed E-state index contributed by atoms with van der Waals surface area (Å²) in [6.07, 6.45) is 7.59. The Balaban J connectivity index is 4.51. The molecule has 0 saturated carbocycles. The smallest absolute Gasteiger partial charge is 0.459 e. The molecule has 0 amide bonds. The van der Waals surface area contributed by atoms with Crippen molar-refractivity contribution >= 4 is 30.7 Å². The van der Waals surface area contributed by atoms with Gasteiger partial charge in [0.25, 0.3) is 0 Å². The van der Waals surface area contributed by atoms with Crippen LogP contribution in [0.5, 0.6) is 0 Å². The van der Waals surface area contributed by atoms with Crippen molar-refractivity contribution in [3.63, 3.8) is 0 Å². The van der Waals surface area contributed by atoms with Crippen LogP contribution < -0.4 is 0 Å². The highest BCUT2D eigenvalue weighted by molar-refractivity contribution is 8.13. The van der Waals surface area contributed by atoms with E-state index in [9.17, 15) is 19.0 Å². The van der Waals surface area contributed by atoms with E-state index >= 15 is 0 Å². The van der Waals surface area contributed by atoms with Gasteiger partial charge in [0.2, 0.25) is 0 Å². The van der Waals surface area contributed by atoms with E-state index in [4.69, 9.17) is 14.4 Å².